The van der Waals surface area contributed by atoms with Gasteiger partial charge in [0.15, 0.2) is 0 Å². The first-order chi connectivity index (χ1) is 8.90. The summed E-state index contributed by atoms with van der Waals surface area (Å²) in [5, 5.41) is 2.93. The van der Waals surface area contributed by atoms with Crippen LogP contribution in [-0.4, -0.2) is 18.1 Å². The fourth-order valence-corrected chi connectivity index (χ4v) is 2.71. The summed E-state index contributed by atoms with van der Waals surface area (Å²) in [4.78, 5) is 12.4. The number of ether oxygens (including phenoxy) is 1. The number of carbonyl (C=O) groups is 1. The number of nitrogens with one attached hydrogen (secondary N) is 1. The van der Waals surface area contributed by atoms with Gasteiger partial charge in [0.1, 0.15) is 0 Å². The summed E-state index contributed by atoms with van der Waals surface area (Å²) in [5.41, 5.74) is 8.23. The van der Waals surface area contributed by atoms with Crippen LogP contribution >= 0.6 is 0 Å². The Hall–Kier alpha value is -1.55. The fourth-order valence-electron chi connectivity index (χ4n) is 2.71. The van der Waals surface area contributed by atoms with Crippen LogP contribution in [-0.2, 0) is 9.53 Å². The van der Waals surface area contributed by atoms with E-state index in [4.69, 9.17) is 10.5 Å². The first-order valence-electron chi connectivity index (χ1n) is 6.72. The van der Waals surface area contributed by atoms with Crippen LogP contribution in [0.25, 0.3) is 0 Å². The van der Waals surface area contributed by atoms with Crippen LogP contribution in [0.15, 0.2) is 18.2 Å². The molecule has 0 saturated carbocycles. The van der Waals surface area contributed by atoms with Gasteiger partial charge in [-0.15, -0.1) is 0 Å². The van der Waals surface area contributed by atoms with Crippen molar-refractivity contribution in [2.45, 2.75) is 39.9 Å². The minimum atomic E-state index is -0.130. The van der Waals surface area contributed by atoms with Gasteiger partial charge in [-0.1, -0.05) is 13.0 Å². The van der Waals surface area contributed by atoms with Crippen molar-refractivity contribution in [1.29, 1.82) is 0 Å². The topological polar surface area (TPSA) is 64.3 Å². The molecule has 0 bridgehead atoms. The first kappa shape index (κ1) is 13.9. The number of hydrogen-bond acceptors (Lipinski definition) is 3. The Kier molecular flexibility index (Phi) is 3.80. The van der Waals surface area contributed by atoms with Crippen LogP contribution in [0.4, 0.5) is 11.4 Å². The lowest BCUT2D eigenvalue weighted by Crippen LogP contribution is -2.32. The molecule has 1 amide bonds. The van der Waals surface area contributed by atoms with Gasteiger partial charge in [0, 0.05) is 0 Å². The number of hydrogen-bond donors (Lipinski definition) is 2. The normalized spacial score (nSPS) is 30.3. The summed E-state index contributed by atoms with van der Waals surface area (Å²) in [6.07, 6.45) is 0.0524. The van der Waals surface area contributed by atoms with E-state index >= 15 is 0 Å². The predicted molar refractivity (Wildman–Crippen MR) is 76.9 cm³/mol. The molecule has 3 N–H and O–H groups in total. The van der Waals surface area contributed by atoms with Gasteiger partial charge in [-0.3, -0.25) is 4.79 Å². The first-order valence-corrected chi connectivity index (χ1v) is 6.72. The maximum Gasteiger partial charge on any atom is 0.230 e. The largest absolute Gasteiger partial charge is 0.397 e. The summed E-state index contributed by atoms with van der Waals surface area (Å²) >= 11 is 0. The van der Waals surface area contributed by atoms with Crippen molar-refractivity contribution in [3.05, 3.63) is 23.8 Å². The van der Waals surface area contributed by atoms with E-state index in [-0.39, 0.29) is 30.0 Å². The molecule has 4 unspecified atom stereocenters. The third-order valence-corrected chi connectivity index (χ3v) is 4.01. The number of rotatable bonds is 2. The molecule has 0 aliphatic carbocycles. The second kappa shape index (κ2) is 5.21. The van der Waals surface area contributed by atoms with Crippen molar-refractivity contribution in [2.24, 2.45) is 11.8 Å². The number of carbonyl (C=O) groups excluding carboxylic acids is 1. The fraction of sp³-hybridized carbons (Fsp3) is 0.533. The Morgan fingerprint density at radius 3 is 2.53 bits per heavy atom. The quantitative estimate of drug-likeness (QED) is 0.805. The van der Waals surface area contributed by atoms with Crippen LogP contribution in [0.2, 0.25) is 0 Å². The van der Waals surface area contributed by atoms with E-state index in [1.54, 1.807) is 0 Å². The summed E-state index contributed by atoms with van der Waals surface area (Å²) in [7, 11) is 0. The molecule has 0 spiro atoms. The van der Waals surface area contributed by atoms with E-state index in [1.807, 2.05) is 39.0 Å². The minimum absolute atomic E-state index is 0.0124. The number of benzene rings is 1. The Morgan fingerprint density at radius 2 is 1.95 bits per heavy atom. The lowest BCUT2D eigenvalue weighted by atomic mass is 9.89. The van der Waals surface area contributed by atoms with Crippen LogP contribution in [0.5, 0.6) is 0 Å². The van der Waals surface area contributed by atoms with Crippen LogP contribution < -0.4 is 11.1 Å². The third-order valence-electron chi connectivity index (χ3n) is 4.01. The van der Waals surface area contributed by atoms with E-state index in [0.29, 0.717) is 11.4 Å². The van der Waals surface area contributed by atoms with Gasteiger partial charge in [-0.2, -0.15) is 0 Å². The molecule has 1 heterocycles. The molecule has 1 aliphatic rings. The molecule has 0 aromatic heterocycles. The molecule has 4 heteroatoms. The van der Waals surface area contributed by atoms with Crippen LogP contribution in [0.1, 0.15) is 26.3 Å². The second-order valence-electron chi connectivity index (χ2n) is 5.51. The maximum atomic E-state index is 12.4. The molecule has 4 atom stereocenters. The Bertz CT molecular complexity index is 487. The van der Waals surface area contributed by atoms with Gasteiger partial charge in [0.05, 0.1) is 29.5 Å². The lowest BCUT2D eigenvalue weighted by Gasteiger charge is -2.18. The summed E-state index contributed by atoms with van der Waals surface area (Å²) in [5.74, 6) is 0.0672. The van der Waals surface area contributed by atoms with Gasteiger partial charge in [0.25, 0.3) is 0 Å². The van der Waals surface area contributed by atoms with Crippen LogP contribution in [0, 0.1) is 18.8 Å². The molecular formula is C15H22N2O2. The van der Waals surface area contributed by atoms with Crippen molar-refractivity contribution in [3.8, 4) is 0 Å². The van der Waals surface area contributed by atoms with Crippen molar-refractivity contribution in [2.75, 3.05) is 11.1 Å². The molecule has 0 radical (unpaired) electrons. The van der Waals surface area contributed by atoms with Gasteiger partial charge in [0.2, 0.25) is 5.91 Å². The molecule has 1 fully saturated rings. The lowest BCUT2D eigenvalue weighted by molar-refractivity contribution is -0.121. The standard InChI is InChI=1S/C15H22N2O2/c1-8-5-6-12(16)13(7-8)17-15(18)14-9(2)10(3)19-11(14)4/h5-7,9-11,14H,16H2,1-4H3,(H,17,18). The van der Waals surface area contributed by atoms with Gasteiger partial charge in [-0.25, -0.2) is 0 Å². The molecule has 1 aromatic carbocycles. The molecule has 2 rings (SSSR count). The van der Waals surface area contributed by atoms with E-state index in [2.05, 4.69) is 12.2 Å². The van der Waals surface area contributed by atoms with Crippen molar-refractivity contribution in [3.63, 3.8) is 0 Å². The van der Waals surface area contributed by atoms with Crippen molar-refractivity contribution >= 4 is 17.3 Å². The summed E-state index contributed by atoms with van der Waals surface area (Å²) < 4.78 is 5.71. The highest BCUT2D eigenvalue weighted by Crippen LogP contribution is 2.33. The van der Waals surface area contributed by atoms with Crippen molar-refractivity contribution in [1.82, 2.24) is 0 Å². The van der Waals surface area contributed by atoms with Gasteiger partial charge < -0.3 is 15.8 Å². The number of amides is 1. The molecule has 19 heavy (non-hydrogen) atoms. The Labute approximate surface area is 114 Å². The average Bonchev–Trinajstić information content (AvgIpc) is 2.58. The number of anilines is 2. The molecule has 1 saturated heterocycles. The van der Waals surface area contributed by atoms with Gasteiger partial charge in [-0.05, 0) is 44.4 Å². The van der Waals surface area contributed by atoms with E-state index in [1.165, 1.54) is 0 Å². The van der Waals surface area contributed by atoms with E-state index < -0.39 is 0 Å². The zero-order valence-corrected chi connectivity index (χ0v) is 11.9. The number of nitrogens with two attached hydrogens (primary N) is 1. The summed E-state index contributed by atoms with van der Waals surface area (Å²) in [6, 6.07) is 5.63. The smallest absolute Gasteiger partial charge is 0.230 e. The highest BCUT2D eigenvalue weighted by Gasteiger charge is 2.41. The average molecular weight is 262 g/mol. The maximum absolute atomic E-state index is 12.4. The number of aryl methyl sites for hydroxylation is 1. The third kappa shape index (κ3) is 2.73. The molecule has 104 valence electrons. The minimum Gasteiger partial charge on any atom is -0.397 e. The zero-order chi connectivity index (χ0) is 14.2. The second-order valence-corrected chi connectivity index (χ2v) is 5.51. The zero-order valence-electron chi connectivity index (χ0n) is 11.9. The monoisotopic (exact) mass is 262 g/mol. The van der Waals surface area contributed by atoms with Gasteiger partial charge >= 0.3 is 0 Å². The van der Waals surface area contributed by atoms with E-state index in [9.17, 15) is 4.79 Å². The SMILES string of the molecule is Cc1ccc(N)c(NC(=O)C2C(C)OC(C)C2C)c1. The summed E-state index contributed by atoms with van der Waals surface area (Å²) in [6.45, 7) is 7.98. The highest BCUT2D eigenvalue weighted by molar-refractivity contribution is 5.96. The Morgan fingerprint density at radius 1 is 1.26 bits per heavy atom. The van der Waals surface area contributed by atoms with Crippen LogP contribution in [0.3, 0.4) is 0 Å². The van der Waals surface area contributed by atoms with Crippen molar-refractivity contribution < 1.29 is 9.53 Å². The van der Waals surface area contributed by atoms with E-state index in [0.717, 1.165) is 5.56 Å². The highest BCUT2D eigenvalue weighted by atomic mass is 16.5. The predicted octanol–water partition coefficient (Wildman–Crippen LogP) is 2.58. The molecule has 4 nitrogen and oxygen atoms in total. The number of nitrogen functional groups attached to an aromatic ring is 1. The Balaban J connectivity index is 2.15. The molecule has 1 aromatic rings. The molecule has 1 aliphatic heterocycles. The molecular weight excluding hydrogens is 240 g/mol.